The molecule has 0 spiro atoms. The molecule has 0 saturated heterocycles. The molecule has 0 bridgehead atoms. The summed E-state index contributed by atoms with van der Waals surface area (Å²) in [6.45, 7) is 0. The monoisotopic (exact) mass is 1170 g/mol. The van der Waals surface area contributed by atoms with Gasteiger partial charge in [0, 0.05) is 0 Å². The minimum absolute atomic E-state index is 0.0694. The molecule has 0 amide bonds. The third-order valence-electron chi connectivity index (χ3n) is 3.07. The molecule has 0 aliphatic carbocycles. The van der Waals surface area contributed by atoms with Gasteiger partial charge in [0.25, 0.3) is 0 Å². The number of hydrogen-bond donors (Lipinski definition) is 9. The van der Waals surface area contributed by atoms with Crippen LogP contribution in [0, 0.1) is 0 Å². The SMILES string of the molecule is O=S(=O)(O)O[As](=O)(O)F.O=[As](O)(F)Oc1ccccc1.O=[As](O)(F)Oc1ccccc1.O=[As](O)(F)Oc1ccccc1.O=[As](O)(O)F.O=[As](O)(O)F. The van der Waals surface area contributed by atoms with Gasteiger partial charge in [-0.3, -0.25) is 0 Å². The van der Waals surface area contributed by atoms with Crippen LogP contribution in [0.4, 0.5) is 20.8 Å². The molecule has 0 fully saturated rings. The van der Waals surface area contributed by atoms with E-state index in [2.05, 4.69) is 14.4 Å². The zero-order valence-electron chi connectivity index (χ0n) is 24.4. The Kier molecular flexibility index (Phi) is 26.0. The van der Waals surface area contributed by atoms with E-state index in [9.17, 15) is 44.2 Å². The molecule has 4 unspecified atom stereocenters. The fourth-order valence-electron chi connectivity index (χ4n) is 1.95. The summed E-state index contributed by atoms with van der Waals surface area (Å²) in [7, 11) is -5.14. The Hall–Kier alpha value is -1.66. The summed E-state index contributed by atoms with van der Waals surface area (Å²) in [5.74, 6) is 0.208. The van der Waals surface area contributed by atoms with Crippen molar-refractivity contribution >= 4 is 98.3 Å². The van der Waals surface area contributed by atoms with E-state index in [-0.39, 0.29) is 17.2 Å². The van der Waals surface area contributed by atoms with E-state index in [1.165, 1.54) is 36.4 Å². The predicted octanol–water partition coefficient (Wildman–Crippen LogP) is -1.07. The topological polar surface area (TPSA) is 356 Å². The fourth-order valence-corrected chi connectivity index (χ4v) is 6.05. The van der Waals surface area contributed by atoms with Gasteiger partial charge in [0.15, 0.2) is 0 Å². The molecule has 3 aromatic rings. The number of para-hydroxylation sites is 3. The van der Waals surface area contributed by atoms with Crippen LogP contribution in [0.2, 0.25) is 0 Å². The van der Waals surface area contributed by atoms with E-state index in [4.69, 9.17) is 44.8 Å². The molecule has 0 aromatic heterocycles. The van der Waals surface area contributed by atoms with Crippen molar-refractivity contribution in [3.8, 4) is 17.2 Å². The van der Waals surface area contributed by atoms with Crippen molar-refractivity contribution < 1.29 is 103 Å². The van der Waals surface area contributed by atoms with Crippen LogP contribution in [0.1, 0.15) is 0 Å². The molecule has 0 saturated carbocycles. The Balaban J connectivity index is -0.000000569. The van der Waals surface area contributed by atoms with Crippen molar-refractivity contribution in [3.63, 3.8) is 0 Å². The minimum atomic E-state index is -6.18. The van der Waals surface area contributed by atoms with Crippen molar-refractivity contribution in [1.29, 1.82) is 0 Å². The van der Waals surface area contributed by atoms with Gasteiger partial charge in [0.2, 0.25) is 0 Å². The van der Waals surface area contributed by atoms with Crippen molar-refractivity contribution in [2.45, 2.75) is 0 Å². The van der Waals surface area contributed by atoms with Crippen LogP contribution in [0.15, 0.2) is 91.0 Å². The van der Waals surface area contributed by atoms with E-state index in [1.807, 2.05) is 0 Å². The second kappa shape index (κ2) is 24.7. The third kappa shape index (κ3) is 57.7. The van der Waals surface area contributed by atoms with E-state index in [0.717, 1.165) is 0 Å². The molecule has 0 heterocycles. The Labute approximate surface area is 307 Å². The van der Waals surface area contributed by atoms with Gasteiger partial charge in [-0.05, 0) is 0 Å². The maximum absolute atomic E-state index is 12.0. The van der Waals surface area contributed by atoms with Crippen molar-refractivity contribution in [1.82, 2.24) is 0 Å². The van der Waals surface area contributed by atoms with Crippen LogP contribution in [-0.4, -0.2) is 134 Å². The number of hydrogen-bond acceptors (Lipinski definition) is 12. The Morgan fingerprint density at radius 1 is 0.404 bits per heavy atom. The molecular formula is C18H24As6F6O21S. The van der Waals surface area contributed by atoms with Crippen LogP contribution in [0.3, 0.4) is 0 Å². The maximum atomic E-state index is 12.0. The predicted molar refractivity (Wildman–Crippen MR) is 157 cm³/mol. The molecule has 9 N–H and O–H groups in total. The first kappa shape index (κ1) is 54.7. The molecule has 52 heavy (non-hydrogen) atoms. The second-order valence-electron chi connectivity index (χ2n) is 7.47. The molecule has 0 aliphatic heterocycles. The van der Waals surface area contributed by atoms with Gasteiger partial charge < -0.3 is 0 Å². The molecule has 21 nitrogen and oxygen atoms in total. The summed E-state index contributed by atoms with van der Waals surface area (Å²) in [5.41, 5.74) is 0. The summed E-state index contributed by atoms with van der Waals surface area (Å²) >= 11 is -33.8. The average Bonchev–Trinajstić information content (AvgIpc) is 2.85. The van der Waals surface area contributed by atoms with E-state index in [1.54, 1.807) is 54.6 Å². The van der Waals surface area contributed by atoms with E-state index >= 15 is 0 Å². The first-order chi connectivity index (χ1) is 22.9. The molecular weight excluding hydrogens is 1150 g/mol. The van der Waals surface area contributed by atoms with Crippen molar-refractivity contribution in [3.05, 3.63) is 91.0 Å². The molecule has 3 aromatic carbocycles. The van der Waals surface area contributed by atoms with Crippen LogP contribution < -0.4 is 11.2 Å². The third-order valence-corrected chi connectivity index (χ3v) is 8.53. The summed E-state index contributed by atoms with van der Waals surface area (Å²) in [6, 6.07) is 23.0. The van der Waals surface area contributed by atoms with Crippen LogP contribution in [-0.2, 0) is 36.0 Å². The molecule has 300 valence electrons. The normalized spacial score (nSPS) is 15.4. The van der Waals surface area contributed by atoms with Gasteiger partial charge in [-0.2, -0.15) is 0 Å². The summed E-state index contributed by atoms with van der Waals surface area (Å²) in [6.07, 6.45) is 0. The number of benzene rings is 3. The zero-order chi connectivity index (χ0) is 41.7. The van der Waals surface area contributed by atoms with Crippen LogP contribution >= 0.6 is 0 Å². The van der Waals surface area contributed by atoms with Gasteiger partial charge in [0.05, 0.1) is 0 Å². The van der Waals surface area contributed by atoms with E-state index in [0.29, 0.717) is 0 Å². The van der Waals surface area contributed by atoms with Gasteiger partial charge in [-0.25, -0.2) is 0 Å². The Morgan fingerprint density at radius 3 is 0.673 bits per heavy atom. The standard InChI is InChI=1S/3C6H6AsFO3.AsFH2O6S.2AsFH2O3/c3*8-7(9,10)11-6-4-2-1-3-5-6;2-1(3,4)8-9(5,6)7;2*2-1(3,4)5/h3*1-5H,(H,9,10);(H,3,4)(H,5,6,7);2*(H2,3,4,5). The number of rotatable bonds is 8. The quantitative estimate of drug-likeness (QED) is 0.0736. The van der Waals surface area contributed by atoms with E-state index < -0.39 is 98.3 Å². The first-order valence-corrected chi connectivity index (χ1v) is 31.5. The first-order valence-electron chi connectivity index (χ1n) is 11.5. The van der Waals surface area contributed by atoms with Gasteiger partial charge >= 0.3 is 310 Å². The van der Waals surface area contributed by atoms with Gasteiger partial charge in [-0.1, -0.05) is 0 Å². The molecule has 34 heteroatoms. The molecule has 4 atom stereocenters. The Morgan fingerprint density at radius 2 is 0.577 bits per heavy atom. The molecule has 0 radical (unpaired) electrons. The zero-order valence-corrected chi connectivity index (χ0v) is 36.5. The summed E-state index contributed by atoms with van der Waals surface area (Å²) < 4.78 is 227. The molecule has 3 rings (SSSR count). The van der Waals surface area contributed by atoms with Crippen molar-refractivity contribution in [2.75, 3.05) is 0 Å². The fraction of sp³-hybridized carbons (Fsp3) is 0. The Bertz CT molecular complexity index is 1650. The second-order valence-corrected chi connectivity index (χ2v) is 22.1. The van der Waals surface area contributed by atoms with Crippen LogP contribution in [0.25, 0.3) is 0 Å². The summed E-state index contributed by atoms with van der Waals surface area (Å²) in [4.78, 5) is 0. The van der Waals surface area contributed by atoms with Crippen molar-refractivity contribution in [2.24, 2.45) is 0 Å². The average molecular weight is 1170 g/mol. The van der Waals surface area contributed by atoms with Crippen LogP contribution in [0.5, 0.6) is 17.2 Å². The molecule has 0 aliphatic rings. The van der Waals surface area contributed by atoms with Gasteiger partial charge in [-0.15, -0.1) is 0 Å². The summed E-state index contributed by atoms with van der Waals surface area (Å²) in [5, 5.41) is 0. The number of halogens is 6. The van der Waals surface area contributed by atoms with Gasteiger partial charge in [0.1, 0.15) is 0 Å².